The van der Waals surface area contributed by atoms with Crippen molar-refractivity contribution in [1.29, 1.82) is 0 Å². The topological polar surface area (TPSA) is 49.6 Å². The summed E-state index contributed by atoms with van der Waals surface area (Å²) in [5.41, 5.74) is 9.25. The number of carbonyl (C=O) groups excluding carboxylic acids is 1. The van der Waals surface area contributed by atoms with Crippen molar-refractivity contribution < 1.29 is 4.79 Å². The number of rotatable bonds is 7. The number of nitrogens with one attached hydrogen (secondary N) is 1. The Balaban J connectivity index is 1.50. The summed E-state index contributed by atoms with van der Waals surface area (Å²) in [7, 11) is 4.00. The lowest BCUT2D eigenvalue weighted by atomic mass is 10.1. The van der Waals surface area contributed by atoms with Crippen LogP contribution in [-0.4, -0.2) is 30.8 Å². The first-order chi connectivity index (χ1) is 15.5. The highest BCUT2D eigenvalue weighted by atomic mass is 16.2. The fourth-order valence-electron chi connectivity index (χ4n) is 3.93. The van der Waals surface area contributed by atoms with Crippen LogP contribution in [0.3, 0.4) is 0 Å². The summed E-state index contributed by atoms with van der Waals surface area (Å²) in [6, 6.07) is 26.6. The molecular formula is C27H28N4O. The van der Waals surface area contributed by atoms with Crippen LogP contribution in [0, 0.1) is 6.92 Å². The van der Waals surface area contributed by atoms with Crippen molar-refractivity contribution in [3.63, 3.8) is 0 Å². The molecule has 0 aliphatic carbocycles. The van der Waals surface area contributed by atoms with Crippen LogP contribution in [0.2, 0.25) is 0 Å². The number of aromatic nitrogens is 1. The fraction of sp³-hybridized carbons (Fsp3) is 0.185. The Labute approximate surface area is 189 Å². The standard InChI is InChI=1S/C27H28N4O/c1-20-25(17-27(32)29-28-18-21-13-15-23(16-14-21)30(2)3)24-11-7-8-12-26(24)31(20)19-22-9-5-4-6-10-22/h4-16,18H,17,19H2,1-3H3,(H,29,32)/b28-18+. The van der Waals surface area contributed by atoms with Gasteiger partial charge in [-0.3, -0.25) is 4.79 Å². The number of carbonyl (C=O) groups is 1. The van der Waals surface area contributed by atoms with E-state index >= 15 is 0 Å². The average Bonchev–Trinajstić information content (AvgIpc) is 3.06. The molecule has 162 valence electrons. The van der Waals surface area contributed by atoms with E-state index in [9.17, 15) is 4.79 Å². The van der Waals surface area contributed by atoms with Crippen LogP contribution in [-0.2, 0) is 17.8 Å². The molecule has 3 aromatic carbocycles. The molecule has 1 aromatic heterocycles. The molecule has 5 heteroatoms. The van der Waals surface area contributed by atoms with Gasteiger partial charge in [0.1, 0.15) is 0 Å². The molecule has 0 radical (unpaired) electrons. The van der Waals surface area contributed by atoms with Crippen molar-refractivity contribution in [2.24, 2.45) is 5.10 Å². The summed E-state index contributed by atoms with van der Waals surface area (Å²) >= 11 is 0. The van der Waals surface area contributed by atoms with Gasteiger partial charge in [-0.15, -0.1) is 0 Å². The number of amides is 1. The number of nitrogens with zero attached hydrogens (tertiary/aromatic N) is 3. The third-order valence-electron chi connectivity index (χ3n) is 5.69. The fourth-order valence-corrected chi connectivity index (χ4v) is 3.93. The maximum Gasteiger partial charge on any atom is 0.244 e. The Bertz CT molecular complexity index is 1240. The molecule has 0 spiro atoms. The normalized spacial score (nSPS) is 11.2. The molecule has 0 saturated heterocycles. The molecule has 0 unspecified atom stereocenters. The average molecular weight is 425 g/mol. The molecule has 0 atom stereocenters. The maximum atomic E-state index is 12.7. The van der Waals surface area contributed by atoms with Crippen molar-refractivity contribution in [3.05, 3.63) is 101 Å². The molecule has 0 saturated carbocycles. The lowest BCUT2D eigenvalue weighted by molar-refractivity contribution is -0.120. The SMILES string of the molecule is Cc1c(CC(=O)N/N=C/c2ccc(N(C)C)cc2)c2ccccc2n1Cc1ccccc1. The van der Waals surface area contributed by atoms with Crippen LogP contribution in [0.1, 0.15) is 22.4 Å². The first kappa shape index (κ1) is 21.4. The first-order valence-electron chi connectivity index (χ1n) is 10.7. The van der Waals surface area contributed by atoms with E-state index in [1.807, 2.05) is 61.5 Å². The number of hydrazone groups is 1. The molecule has 1 amide bonds. The Morgan fingerprint density at radius 2 is 1.66 bits per heavy atom. The van der Waals surface area contributed by atoms with Crippen LogP contribution < -0.4 is 10.3 Å². The van der Waals surface area contributed by atoms with Gasteiger partial charge in [-0.25, -0.2) is 5.43 Å². The van der Waals surface area contributed by atoms with Crippen molar-refractivity contribution in [1.82, 2.24) is 9.99 Å². The third kappa shape index (κ3) is 4.72. The summed E-state index contributed by atoms with van der Waals surface area (Å²) in [4.78, 5) is 14.7. The Hall–Kier alpha value is -3.86. The van der Waals surface area contributed by atoms with Crippen LogP contribution in [0.25, 0.3) is 10.9 Å². The monoisotopic (exact) mass is 424 g/mol. The van der Waals surface area contributed by atoms with E-state index in [2.05, 4.69) is 58.4 Å². The van der Waals surface area contributed by atoms with E-state index in [4.69, 9.17) is 0 Å². The minimum atomic E-state index is -0.128. The van der Waals surface area contributed by atoms with Gasteiger partial charge in [0.25, 0.3) is 0 Å². The minimum Gasteiger partial charge on any atom is -0.378 e. The highest BCUT2D eigenvalue weighted by molar-refractivity contribution is 5.91. The Kier molecular flexibility index (Phi) is 6.36. The highest BCUT2D eigenvalue weighted by Crippen LogP contribution is 2.27. The maximum absolute atomic E-state index is 12.7. The number of anilines is 1. The molecule has 0 aliphatic heterocycles. The summed E-state index contributed by atoms with van der Waals surface area (Å²) in [6.07, 6.45) is 1.95. The number of para-hydroxylation sites is 1. The van der Waals surface area contributed by atoms with E-state index in [1.165, 1.54) is 5.56 Å². The summed E-state index contributed by atoms with van der Waals surface area (Å²) in [5, 5.41) is 5.26. The van der Waals surface area contributed by atoms with Crippen LogP contribution in [0.4, 0.5) is 5.69 Å². The summed E-state index contributed by atoms with van der Waals surface area (Å²) < 4.78 is 2.28. The van der Waals surface area contributed by atoms with Gasteiger partial charge in [0.15, 0.2) is 0 Å². The number of benzene rings is 3. The second-order valence-electron chi connectivity index (χ2n) is 8.11. The zero-order valence-electron chi connectivity index (χ0n) is 18.7. The quantitative estimate of drug-likeness (QED) is 0.344. The van der Waals surface area contributed by atoms with Gasteiger partial charge < -0.3 is 9.47 Å². The van der Waals surface area contributed by atoms with Gasteiger partial charge in [0, 0.05) is 42.9 Å². The molecule has 4 aromatic rings. The van der Waals surface area contributed by atoms with Crippen molar-refractivity contribution in [2.45, 2.75) is 19.9 Å². The molecule has 1 N–H and O–H groups in total. The van der Waals surface area contributed by atoms with E-state index < -0.39 is 0 Å². The van der Waals surface area contributed by atoms with Crippen molar-refractivity contribution >= 4 is 28.7 Å². The molecule has 1 heterocycles. The molecular weight excluding hydrogens is 396 g/mol. The lowest BCUT2D eigenvalue weighted by Crippen LogP contribution is -2.20. The summed E-state index contributed by atoms with van der Waals surface area (Å²) in [6.45, 7) is 2.86. The van der Waals surface area contributed by atoms with Crippen molar-refractivity contribution in [2.75, 3.05) is 19.0 Å². The van der Waals surface area contributed by atoms with Gasteiger partial charge >= 0.3 is 0 Å². The number of hydrogen-bond acceptors (Lipinski definition) is 3. The van der Waals surface area contributed by atoms with Gasteiger partial charge in [-0.05, 0) is 41.8 Å². The van der Waals surface area contributed by atoms with Gasteiger partial charge in [0.2, 0.25) is 5.91 Å². The molecule has 5 nitrogen and oxygen atoms in total. The Morgan fingerprint density at radius 3 is 2.38 bits per heavy atom. The van der Waals surface area contributed by atoms with E-state index in [0.29, 0.717) is 0 Å². The van der Waals surface area contributed by atoms with Crippen LogP contribution in [0.5, 0.6) is 0 Å². The smallest absolute Gasteiger partial charge is 0.244 e. The second-order valence-corrected chi connectivity index (χ2v) is 8.11. The van der Waals surface area contributed by atoms with E-state index in [-0.39, 0.29) is 12.3 Å². The predicted octanol–water partition coefficient (Wildman–Crippen LogP) is 4.76. The summed E-state index contributed by atoms with van der Waals surface area (Å²) in [5.74, 6) is -0.128. The zero-order valence-corrected chi connectivity index (χ0v) is 18.7. The van der Waals surface area contributed by atoms with Crippen LogP contribution in [0.15, 0.2) is 84.0 Å². The largest absolute Gasteiger partial charge is 0.378 e. The first-order valence-corrected chi connectivity index (χ1v) is 10.7. The predicted molar refractivity (Wildman–Crippen MR) is 132 cm³/mol. The van der Waals surface area contributed by atoms with E-state index in [1.54, 1.807) is 6.21 Å². The lowest BCUT2D eigenvalue weighted by Gasteiger charge is -2.11. The van der Waals surface area contributed by atoms with Crippen LogP contribution >= 0.6 is 0 Å². The zero-order chi connectivity index (χ0) is 22.5. The highest BCUT2D eigenvalue weighted by Gasteiger charge is 2.16. The van der Waals surface area contributed by atoms with Gasteiger partial charge in [-0.2, -0.15) is 5.10 Å². The molecule has 32 heavy (non-hydrogen) atoms. The number of hydrogen-bond donors (Lipinski definition) is 1. The molecule has 0 fully saturated rings. The van der Waals surface area contributed by atoms with Gasteiger partial charge in [0.05, 0.1) is 12.6 Å². The van der Waals surface area contributed by atoms with Crippen molar-refractivity contribution in [3.8, 4) is 0 Å². The Morgan fingerprint density at radius 1 is 0.969 bits per heavy atom. The van der Waals surface area contributed by atoms with E-state index in [0.717, 1.165) is 40.0 Å². The van der Waals surface area contributed by atoms with Gasteiger partial charge in [-0.1, -0.05) is 60.7 Å². The third-order valence-corrected chi connectivity index (χ3v) is 5.69. The molecule has 0 bridgehead atoms. The number of fused-ring (bicyclic) bond motifs is 1. The molecule has 4 rings (SSSR count). The second kappa shape index (κ2) is 9.52. The molecule has 0 aliphatic rings. The minimum absolute atomic E-state index is 0.128.